The van der Waals surface area contributed by atoms with Gasteiger partial charge in [-0.15, -0.1) is 0 Å². The van der Waals surface area contributed by atoms with Gasteiger partial charge < -0.3 is 14.7 Å². The van der Waals surface area contributed by atoms with Gasteiger partial charge in [-0.2, -0.15) is 13.2 Å². The Labute approximate surface area is 165 Å². The number of halogens is 5. The molecule has 9 heteroatoms. The van der Waals surface area contributed by atoms with Crippen LogP contribution in [0.1, 0.15) is 23.6 Å². The first-order valence-electron chi connectivity index (χ1n) is 8.63. The molecule has 0 saturated carbocycles. The summed E-state index contributed by atoms with van der Waals surface area (Å²) in [5, 5.41) is 10.7. The van der Waals surface area contributed by atoms with E-state index in [2.05, 4.69) is 4.99 Å². The number of aliphatic hydroxyl groups is 1. The van der Waals surface area contributed by atoms with Crippen molar-refractivity contribution in [1.29, 1.82) is 0 Å². The van der Waals surface area contributed by atoms with Gasteiger partial charge in [-0.1, -0.05) is 6.07 Å². The van der Waals surface area contributed by atoms with Crippen LogP contribution in [0, 0.1) is 18.6 Å². The Morgan fingerprint density at radius 1 is 1.14 bits per heavy atom. The van der Waals surface area contributed by atoms with E-state index in [-0.39, 0.29) is 5.75 Å². The molecule has 0 aliphatic carbocycles. The number of alkyl halides is 3. The summed E-state index contributed by atoms with van der Waals surface area (Å²) in [6.07, 6.45) is -3.74. The Bertz CT molecular complexity index is 914. The van der Waals surface area contributed by atoms with Gasteiger partial charge in [-0.25, -0.2) is 13.8 Å². The first-order chi connectivity index (χ1) is 13.4. The molecule has 0 saturated heterocycles. The molecule has 158 valence electrons. The van der Waals surface area contributed by atoms with E-state index in [4.69, 9.17) is 4.74 Å². The third-order valence-corrected chi connectivity index (χ3v) is 4.55. The molecule has 2 aromatic rings. The summed E-state index contributed by atoms with van der Waals surface area (Å²) in [6.45, 7) is 4.08. The van der Waals surface area contributed by atoms with Crippen molar-refractivity contribution in [2.24, 2.45) is 4.99 Å². The van der Waals surface area contributed by atoms with E-state index in [9.17, 15) is 27.1 Å². The highest BCUT2D eigenvalue weighted by atomic mass is 19.4. The molecule has 1 N–H and O–H groups in total. The van der Waals surface area contributed by atoms with Crippen LogP contribution in [0.5, 0.6) is 5.75 Å². The molecule has 0 aliphatic heterocycles. The van der Waals surface area contributed by atoms with Crippen LogP contribution in [0.15, 0.2) is 35.3 Å². The highest BCUT2D eigenvalue weighted by Gasteiger charge is 2.58. The number of aryl methyl sites for hydroxylation is 1. The zero-order chi connectivity index (χ0) is 22.0. The van der Waals surface area contributed by atoms with E-state index in [1.807, 2.05) is 6.92 Å². The van der Waals surface area contributed by atoms with Crippen LogP contribution in [0.4, 0.5) is 27.6 Å². The Hall–Kier alpha value is -2.68. The lowest BCUT2D eigenvalue weighted by Gasteiger charge is -2.33. The Kier molecular flexibility index (Phi) is 6.52. The minimum absolute atomic E-state index is 0.300. The number of nitrogens with zero attached hydrogens (tertiary/aromatic N) is 2. The lowest BCUT2D eigenvalue weighted by molar-refractivity contribution is -0.248. The van der Waals surface area contributed by atoms with E-state index in [0.717, 1.165) is 13.2 Å². The number of hydrogen-bond donors (Lipinski definition) is 1. The molecular formula is C20H21F5N2O2. The van der Waals surface area contributed by atoms with Crippen LogP contribution >= 0.6 is 0 Å². The van der Waals surface area contributed by atoms with E-state index >= 15 is 0 Å². The van der Waals surface area contributed by atoms with Gasteiger partial charge in [-0.05, 0) is 37.6 Å². The highest BCUT2D eigenvalue weighted by molar-refractivity contribution is 5.66. The first-order valence-corrected chi connectivity index (χ1v) is 8.63. The standard InChI is InChI=1S/C20H21F5N2O2/c1-5-27(3)11-26-17-10-18(29-4)14(8-12(17)2)19(28,20(23,24)25)13-6-7-15(21)16(22)9-13/h6-11,28H,5H2,1-4H3. The maximum atomic E-state index is 14.0. The molecule has 0 fully saturated rings. The van der Waals surface area contributed by atoms with Crippen LogP contribution < -0.4 is 4.74 Å². The van der Waals surface area contributed by atoms with Crippen LogP contribution in [-0.4, -0.2) is 43.2 Å². The minimum atomic E-state index is -5.25. The minimum Gasteiger partial charge on any atom is -0.496 e. The van der Waals surface area contributed by atoms with Crippen molar-refractivity contribution >= 4 is 12.0 Å². The molecule has 0 heterocycles. The van der Waals surface area contributed by atoms with Crippen LogP contribution in [0.25, 0.3) is 0 Å². The normalized spacial score (nSPS) is 14.1. The van der Waals surface area contributed by atoms with E-state index in [1.165, 1.54) is 19.3 Å². The van der Waals surface area contributed by atoms with Gasteiger partial charge in [0, 0.05) is 30.8 Å². The smallest absolute Gasteiger partial charge is 0.425 e. The molecule has 0 spiro atoms. The zero-order valence-corrected chi connectivity index (χ0v) is 16.3. The van der Waals surface area contributed by atoms with Gasteiger partial charge in [0.1, 0.15) is 5.75 Å². The fourth-order valence-electron chi connectivity index (χ4n) is 2.70. The summed E-state index contributed by atoms with van der Waals surface area (Å²) in [5.41, 5.74) is -4.49. The van der Waals surface area contributed by atoms with Gasteiger partial charge in [0.15, 0.2) is 11.6 Å². The van der Waals surface area contributed by atoms with Crippen molar-refractivity contribution in [2.75, 3.05) is 20.7 Å². The summed E-state index contributed by atoms with van der Waals surface area (Å²) in [5.74, 6) is -3.14. The topological polar surface area (TPSA) is 45.1 Å². The summed E-state index contributed by atoms with van der Waals surface area (Å²) in [6, 6.07) is 3.86. The van der Waals surface area contributed by atoms with Crippen molar-refractivity contribution in [3.63, 3.8) is 0 Å². The Balaban J connectivity index is 2.73. The van der Waals surface area contributed by atoms with Crippen LogP contribution in [0.2, 0.25) is 0 Å². The molecular weight excluding hydrogens is 395 g/mol. The summed E-state index contributed by atoms with van der Waals surface area (Å²) < 4.78 is 74.0. The Morgan fingerprint density at radius 2 is 1.79 bits per heavy atom. The number of aliphatic imine (C=N–C) groups is 1. The molecule has 0 radical (unpaired) electrons. The van der Waals surface area contributed by atoms with E-state index < -0.39 is 34.5 Å². The van der Waals surface area contributed by atoms with Gasteiger partial charge in [0.2, 0.25) is 5.60 Å². The third kappa shape index (κ3) is 4.34. The number of benzene rings is 2. The molecule has 0 aromatic heterocycles. The van der Waals surface area contributed by atoms with Gasteiger partial charge in [-0.3, -0.25) is 0 Å². The molecule has 1 atom stereocenters. The van der Waals surface area contributed by atoms with Crippen molar-refractivity contribution in [1.82, 2.24) is 4.90 Å². The highest BCUT2D eigenvalue weighted by Crippen LogP contribution is 2.48. The molecule has 1 unspecified atom stereocenters. The SMILES string of the molecule is CCN(C)C=Nc1cc(OC)c(C(O)(c2ccc(F)c(F)c2)C(F)(F)F)cc1C. The quantitative estimate of drug-likeness (QED) is 0.422. The van der Waals surface area contributed by atoms with Gasteiger partial charge >= 0.3 is 6.18 Å². The van der Waals surface area contributed by atoms with Crippen molar-refractivity contribution < 1.29 is 31.8 Å². The van der Waals surface area contributed by atoms with E-state index in [1.54, 1.807) is 11.9 Å². The van der Waals surface area contributed by atoms with Crippen molar-refractivity contribution in [3.8, 4) is 5.75 Å². The predicted octanol–water partition coefficient (Wildman–Crippen LogP) is 4.69. The number of hydrogen-bond acceptors (Lipinski definition) is 3. The number of rotatable bonds is 6. The monoisotopic (exact) mass is 416 g/mol. The number of methoxy groups -OCH3 is 1. The second-order valence-corrected chi connectivity index (χ2v) is 6.49. The molecule has 2 aromatic carbocycles. The maximum absolute atomic E-state index is 14.0. The van der Waals surface area contributed by atoms with Crippen molar-refractivity contribution in [3.05, 3.63) is 58.7 Å². The van der Waals surface area contributed by atoms with Crippen LogP contribution in [0.3, 0.4) is 0 Å². The molecule has 0 aliphatic rings. The zero-order valence-electron chi connectivity index (χ0n) is 16.3. The predicted molar refractivity (Wildman–Crippen MR) is 99.6 cm³/mol. The average molecular weight is 416 g/mol. The fraction of sp³-hybridized carbons (Fsp3) is 0.350. The molecule has 4 nitrogen and oxygen atoms in total. The number of ether oxygens (including phenoxy) is 1. The Morgan fingerprint density at radius 3 is 2.31 bits per heavy atom. The molecule has 2 rings (SSSR count). The first kappa shape index (κ1) is 22.6. The maximum Gasteiger partial charge on any atom is 0.425 e. The summed E-state index contributed by atoms with van der Waals surface area (Å²) >= 11 is 0. The molecule has 29 heavy (non-hydrogen) atoms. The second-order valence-electron chi connectivity index (χ2n) is 6.49. The van der Waals surface area contributed by atoms with E-state index in [0.29, 0.717) is 36.0 Å². The summed E-state index contributed by atoms with van der Waals surface area (Å²) in [4.78, 5) is 5.97. The lowest BCUT2D eigenvalue weighted by Crippen LogP contribution is -2.43. The third-order valence-electron chi connectivity index (χ3n) is 4.55. The van der Waals surface area contributed by atoms with Crippen LogP contribution in [-0.2, 0) is 5.60 Å². The van der Waals surface area contributed by atoms with Crippen molar-refractivity contribution in [2.45, 2.75) is 25.6 Å². The second kappa shape index (κ2) is 8.36. The van der Waals surface area contributed by atoms with Gasteiger partial charge in [0.25, 0.3) is 0 Å². The molecule has 0 bridgehead atoms. The summed E-state index contributed by atoms with van der Waals surface area (Å²) in [7, 11) is 2.91. The van der Waals surface area contributed by atoms with Gasteiger partial charge in [0.05, 0.1) is 19.1 Å². The largest absolute Gasteiger partial charge is 0.496 e. The lowest BCUT2D eigenvalue weighted by atomic mass is 9.84. The molecule has 0 amide bonds. The average Bonchev–Trinajstić information content (AvgIpc) is 2.67. The fourth-order valence-corrected chi connectivity index (χ4v) is 2.70.